The maximum atomic E-state index is 12.1. The number of urea groups is 1. The Kier molecular flexibility index (Phi) is 5.91. The summed E-state index contributed by atoms with van der Waals surface area (Å²) in [5.74, 6) is 1.00. The summed E-state index contributed by atoms with van der Waals surface area (Å²) in [6.07, 6.45) is 4.94. The molecule has 3 aromatic rings. The first-order valence-electron chi connectivity index (χ1n) is 11.6. The van der Waals surface area contributed by atoms with E-state index in [2.05, 4.69) is 46.7 Å². The molecule has 1 aromatic carbocycles. The Hall–Kier alpha value is -2.81. The highest BCUT2D eigenvalue weighted by Gasteiger charge is 2.26. The maximum Gasteiger partial charge on any atom is 0.317 e. The number of piperazine rings is 1. The quantitative estimate of drug-likeness (QED) is 0.611. The van der Waals surface area contributed by atoms with E-state index >= 15 is 0 Å². The molecule has 1 saturated heterocycles. The van der Waals surface area contributed by atoms with E-state index < -0.39 is 0 Å². The van der Waals surface area contributed by atoms with Gasteiger partial charge in [-0.1, -0.05) is 47.9 Å². The largest absolute Gasteiger partial charge is 0.365 e. The van der Waals surface area contributed by atoms with Crippen LogP contribution in [-0.4, -0.2) is 64.3 Å². The molecule has 2 aromatic heterocycles. The van der Waals surface area contributed by atoms with Crippen LogP contribution in [0.5, 0.6) is 0 Å². The number of aryl methyl sites for hydroxylation is 1. The Balaban J connectivity index is 1.42. The van der Waals surface area contributed by atoms with Crippen molar-refractivity contribution in [3.63, 3.8) is 0 Å². The third-order valence-corrected chi connectivity index (χ3v) is 7.32. The van der Waals surface area contributed by atoms with Crippen molar-refractivity contribution in [2.24, 2.45) is 0 Å². The summed E-state index contributed by atoms with van der Waals surface area (Å²) < 4.78 is 1.99. The number of benzene rings is 1. The van der Waals surface area contributed by atoms with Gasteiger partial charge in [0.1, 0.15) is 5.69 Å². The number of nitrogens with zero attached hydrogens (tertiary/aromatic N) is 5. The van der Waals surface area contributed by atoms with Gasteiger partial charge in [0.05, 0.1) is 0 Å². The van der Waals surface area contributed by atoms with E-state index in [1.54, 1.807) is 11.3 Å². The molecule has 170 valence electrons. The molecule has 1 aliphatic carbocycles. The molecule has 0 atom stereocenters. The van der Waals surface area contributed by atoms with Crippen molar-refractivity contribution in [1.29, 1.82) is 0 Å². The number of carbonyl (C=O) groups excluding carboxylic acids is 1. The fourth-order valence-electron chi connectivity index (χ4n) is 4.62. The smallest absolute Gasteiger partial charge is 0.317 e. The molecule has 2 amide bonds. The topological polar surface area (TPSA) is 77.8 Å². The summed E-state index contributed by atoms with van der Waals surface area (Å²) >= 11 is 1.62. The van der Waals surface area contributed by atoms with Gasteiger partial charge in [0, 0.05) is 44.3 Å². The van der Waals surface area contributed by atoms with E-state index in [1.165, 1.54) is 31.2 Å². The Bertz CT molecular complexity index is 1090. The fraction of sp³-hybridized carbons (Fsp3) is 0.522. The number of rotatable bonds is 5. The number of amides is 2. The van der Waals surface area contributed by atoms with Crippen molar-refractivity contribution in [2.75, 3.05) is 42.9 Å². The molecule has 2 fully saturated rings. The van der Waals surface area contributed by atoms with Crippen LogP contribution in [0.25, 0.3) is 16.2 Å². The normalized spacial score (nSPS) is 17.3. The number of anilines is 2. The first kappa shape index (κ1) is 21.1. The van der Waals surface area contributed by atoms with Gasteiger partial charge in [-0.3, -0.25) is 0 Å². The zero-order valence-corrected chi connectivity index (χ0v) is 19.6. The Labute approximate surface area is 192 Å². The van der Waals surface area contributed by atoms with Gasteiger partial charge in [0.25, 0.3) is 0 Å². The second-order valence-corrected chi connectivity index (χ2v) is 9.63. The van der Waals surface area contributed by atoms with E-state index in [0.717, 1.165) is 40.3 Å². The lowest BCUT2D eigenvalue weighted by molar-refractivity contribution is 0.195. The lowest BCUT2D eigenvalue weighted by Gasteiger charge is -2.34. The Morgan fingerprint density at radius 1 is 1.19 bits per heavy atom. The summed E-state index contributed by atoms with van der Waals surface area (Å²) in [5, 5.41) is 12.6. The molecule has 0 unspecified atom stereocenters. The van der Waals surface area contributed by atoms with E-state index in [1.807, 2.05) is 16.3 Å². The van der Waals surface area contributed by atoms with Crippen LogP contribution in [-0.2, 0) is 0 Å². The maximum absolute atomic E-state index is 12.1. The van der Waals surface area contributed by atoms with Crippen molar-refractivity contribution in [2.45, 2.75) is 45.6 Å². The number of aromatic nitrogens is 3. The number of imidazole rings is 1. The van der Waals surface area contributed by atoms with Crippen molar-refractivity contribution in [1.82, 2.24) is 24.8 Å². The Morgan fingerprint density at radius 3 is 2.69 bits per heavy atom. The first-order chi connectivity index (χ1) is 15.6. The zero-order valence-electron chi connectivity index (χ0n) is 18.8. The molecule has 9 heteroatoms. The van der Waals surface area contributed by atoms with Crippen molar-refractivity contribution >= 4 is 33.3 Å². The van der Waals surface area contributed by atoms with Crippen molar-refractivity contribution in [3.8, 4) is 11.3 Å². The second kappa shape index (κ2) is 8.97. The minimum atomic E-state index is 0.0203. The summed E-state index contributed by atoms with van der Waals surface area (Å²) in [6.45, 7) is 7.69. The fourth-order valence-corrected chi connectivity index (χ4v) is 5.57. The van der Waals surface area contributed by atoms with Gasteiger partial charge in [-0.2, -0.15) is 4.52 Å². The summed E-state index contributed by atoms with van der Waals surface area (Å²) in [7, 11) is 0. The van der Waals surface area contributed by atoms with Crippen LogP contribution in [0.2, 0.25) is 0 Å². The average molecular weight is 454 g/mol. The minimum Gasteiger partial charge on any atom is -0.365 e. The second-order valence-electron chi connectivity index (χ2n) is 8.69. The van der Waals surface area contributed by atoms with Crippen LogP contribution in [0, 0.1) is 6.92 Å². The highest BCUT2D eigenvalue weighted by Crippen LogP contribution is 2.35. The predicted octanol–water partition coefficient (Wildman–Crippen LogP) is 3.97. The average Bonchev–Trinajstić information content (AvgIpc) is 3.52. The molecule has 2 N–H and O–H groups in total. The van der Waals surface area contributed by atoms with Gasteiger partial charge in [0.15, 0.2) is 5.82 Å². The van der Waals surface area contributed by atoms with E-state index in [-0.39, 0.29) is 6.03 Å². The van der Waals surface area contributed by atoms with Gasteiger partial charge in [0.2, 0.25) is 10.1 Å². The Morgan fingerprint density at radius 2 is 1.97 bits per heavy atom. The number of carbonyl (C=O) groups is 1. The lowest BCUT2D eigenvalue weighted by Crippen LogP contribution is -2.51. The van der Waals surface area contributed by atoms with Gasteiger partial charge < -0.3 is 20.4 Å². The van der Waals surface area contributed by atoms with Gasteiger partial charge in [-0.05, 0) is 32.8 Å². The SMILES string of the molecule is CCNC(=O)N1CCN(c2nn3c(NC4CCCC4)c(-c4cccc(C)c4)nc3s2)CC1. The van der Waals surface area contributed by atoms with Crippen LogP contribution in [0.4, 0.5) is 15.7 Å². The zero-order chi connectivity index (χ0) is 22.1. The van der Waals surface area contributed by atoms with Gasteiger partial charge in [-0.25, -0.2) is 9.78 Å². The molecule has 2 aliphatic rings. The summed E-state index contributed by atoms with van der Waals surface area (Å²) in [4.78, 5) is 22.2. The number of nitrogens with one attached hydrogen (secondary N) is 2. The molecule has 1 saturated carbocycles. The van der Waals surface area contributed by atoms with Gasteiger partial charge >= 0.3 is 6.03 Å². The third-order valence-electron chi connectivity index (χ3n) is 6.35. The highest BCUT2D eigenvalue weighted by atomic mass is 32.1. The monoisotopic (exact) mass is 453 g/mol. The predicted molar refractivity (Wildman–Crippen MR) is 130 cm³/mol. The van der Waals surface area contributed by atoms with Crippen LogP contribution < -0.4 is 15.5 Å². The van der Waals surface area contributed by atoms with Crippen LogP contribution >= 0.6 is 11.3 Å². The minimum absolute atomic E-state index is 0.0203. The molecular weight excluding hydrogens is 422 g/mol. The molecule has 0 spiro atoms. The molecular formula is C23H31N7OS. The lowest BCUT2D eigenvalue weighted by atomic mass is 10.1. The molecule has 0 bridgehead atoms. The summed E-state index contributed by atoms with van der Waals surface area (Å²) in [5.41, 5.74) is 3.33. The van der Waals surface area contributed by atoms with E-state index in [4.69, 9.17) is 10.1 Å². The number of hydrogen-bond donors (Lipinski definition) is 2. The molecule has 0 radical (unpaired) electrons. The van der Waals surface area contributed by atoms with Crippen LogP contribution in [0.3, 0.4) is 0 Å². The molecule has 8 nitrogen and oxygen atoms in total. The van der Waals surface area contributed by atoms with Crippen molar-refractivity contribution < 1.29 is 4.79 Å². The third kappa shape index (κ3) is 4.13. The number of hydrogen-bond acceptors (Lipinski definition) is 6. The molecule has 5 rings (SSSR count). The van der Waals surface area contributed by atoms with E-state index in [0.29, 0.717) is 25.7 Å². The van der Waals surface area contributed by atoms with E-state index in [9.17, 15) is 4.79 Å². The van der Waals surface area contributed by atoms with Crippen LogP contribution in [0.1, 0.15) is 38.2 Å². The molecule has 3 heterocycles. The van der Waals surface area contributed by atoms with Gasteiger partial charge in [-0.15, -0.1) is 5.10 Å². The first-order valence-corrected chi connectivity index (χ1v) is 12.4. The molecule has 1 aliphatic heterocycles. The molecule has 32 heavy (non-hydrogen) atoms. The van der Waals surface area contributed by atoms with Crippen LogP contribution in [0.15, 0.2) is 24.3 Å². The van der Waals surface area contributed by atoms with Crippen molar-refractivity contribution in [3.05, 3.63) is 29.8 Å². The summed E-state index contributed by atoms with van der Waals surface area (Å²) in [6, 6.07) is 9.01. The highest BCUT2D eigenvalue weighted by molar-refractivity contribution is 7.20. The number of fused-ring (bicyclic) bond motifs is 1. The standard InChI is InChI=1S/C23H31N7OS/c1-3-24-21(31)28-11-13-29(14-12-28)23-27-30-20(25-18-9-4-5-10-18)19(26-22(30)32-23)17-8-6-7-16(2)15-17/h6-8,15,18,25H,3-5,9-14H2,1-2H3,(H,24,31).